The molecule has 0 bridgehead atoms. The summed E-state index contributed by atoms with van der Waals surface area (Å²) >= 11 is 1.44. The first-order valence-corrected chi connectivity index (χ1v) is 4.91. The van der Waals surface area contributed by atoms with Crippen molar-refractivity contribution in [2.45, 2.75) is 13.2 Å². The zero-order valence-electron chi connectivity index (χ0n) is 7.28. The quantitative estimate of drug-likeness (QED) is 0.681. The SMILES string of the molecule is Cc1cc(C=O)sc1C1OCCO1. The Balaban J connectivity index is 2.27. The van der Waals surface area contributed by atoms with Gasteiger partial charge in [-0.2, -0.15) is 0 Å². The number of aldehydes is 1. The fourth-order valence-corrected chi connectivity index (χ4v) is 2.31. The van der Waals surface area contributed by atoms with Crippen molar-refractivity contribution in [2.24, 2.45) is 0 Å². The fourth-order valence-electron chi connectivity index (χ4n) is 1.32. The van der Waals surface area contributed by atoms with E-state index in [1.54, 1.807) is 0 Å². The van der Waals surface area contributed by atoms with Crippen LogP contribution in [0.5, 0.6) is 0 Å². The van der Waals surface area contributed by atoms with Crippen molar-refractivity contribution in [3.63, 3.8) is 0 Å². The Bertz CT molecular complexity index is 313. The van der Waals surface area contributed by atoms with E-state index in [4.69, 9.17) is 9.47 Å². The lowest BCUT2D eigenvalue weighted by atomic mass is 10.2. The minimum atomic E-state index is -0.251. The highest BCUT2D eigenvalue weighted by atomic mass is 32.1. The molecule has 0 amide bonds. The van der Waals surface area contributed by atoms with Gasteiger partial charge in [0.2, 0.25) is 0 Å². The van der Waals surface area contributed by atoms with E-state index in [1.807, 2.05) is 13.0 Å². The maximum absolute atomic E-state index is 10.5. The van der Waals surface area contributed by atoms with Crippen LogP contribution < -0.4 is 0 Å². The summed E-state index contributed by atoms with van der Waals surface area (Å²) in [6.07, 6.45) is 0.606. The van der Waals surface area contributed by atoms with Crippen molar-refractivity contribution >= 4 is 17.6 Å². The second-order valence-corrected chi connectivity index (χ2v) is 4.00. The number of hydrogen-bond acceptors (Lipinski definition) is 4. The summed E-state index contributed by atoms with van der Waals surface area (Å²) in [7, 11) is 0. The molecule has 3 nitrogen and oxygen atoms in total. The summed E-state index contributed by atoms with van der Waals surface area (Å²) in [5.74, 6) is 0. The Morgan fingerprint density at radius 3 is 2.77 bits per heavy atom. The molecule has 1 saturated heterocycles. The van der Waals surface area contributed by atoms with Crippen LogP contribution in [0.3, 0.4) is 0 Å². The van der Waals surface area contributed by atoms with Gasteiger partial charge in [-0.1, -0.05) is 0 Å². The van der Waals surface area contributed by atoms with E-state index in [0.29, 0.717) is 13.2 Å². The third-order valence-corrected chi connectivity index (χ3v) is 3.11. The highest BCUT2D eigenvalue weighted by molar-refractivity contribution is 7.13. The molecular formula is C9H10O3S. The molecule has 1 aromatic heterocycles. The van der Waals surface area contributed by atoms with Crippen molar-refractivity contribution in [3.05, 3.63) is 21.4 Å². The Labute approximate surface area is 80.3 Å². The molecule has 70 valence electrons. The van der Waals surface area contributed by atoms with Crippen LogP contribution in [0.15, 0.2) is 6.07 Å². The van der Waals surface area contributed by atoms with E-state index in [0.717, 1.165) is 21.6 Å². The first kappa shape index (κ1) is 8.87. The molecular weight excluding hydrogens is 188 g/mol. The normalized spacial score (nSPS) is 17.9. The van der Waals surface area contributed by atoms with Gasteiger partial charge in [-0.3, -0.25) is 4.79 Å². The van der Waals surface area contributed by atoms with Crippen LogP contribution in [0, 0.1) is 6.92 Å². The number of hydrogen-bond donors (Lipinski definition) is 0. The summed E-state index contributed by atoms with van der Waals surface area (Å²) in [6, 6.07) is 1.86. The van der Waals surface area contributed by atoms with Gasteiger partial charge in [0.05, 0.1) is 23.0 Å². The first-order chi connectivity index (χ1) is 6.31. The van der Waals surface area contributed by atoms with Crippen molar-refractivity contribution in [3.8, 4) is 0 Å². The fraction of sp³-hybridized carbons (Fsp3) is 0.444. The van der Waals surface area contributed by atoms with Crippen molar-refractivity contribution < 1.29 is 14.3 Å². The number of thiophene rings is 1. The minimum Gasteiger partial charge on any atom is -0.345 e. The van der Waals surface area contributed by atoms with Gasteiger partial charge in [0.25, 0.3) is 0 Å². The zero-order valence-corrected chi connectivity index (χ0v) is 8.10. The van der Waals surface area contributed by atoms with E-state index in [9.17, 15) is 4.79 Å². The average molecular weight is 198 g/mol. The number of aryl methyl sites for hydroxylation is 1. The molecule has 0 atom stereocenters. The highest BCUT2D eigenvalue weighted by Crippen LogP contribution is 2.32. The van der Waals surface area contributed by atoms with E-state index in [-0.39, 0.29) is 6.29 Å². The standard InChI is InChI=1S/C9H10O3S/c1-6-4-7(5-10)13-8(6)9-11-2-3-12-9/h4-5,9H,2-3H2,1H3. The van der Waals surface area contributed by atoms with Crippen LogP contribution in [0.25, 0.3) is 0 Å². The molecule has 1 aliphatic rings. The molecule has 0 unspecified atom stereocenters. The van der Waals surface area contributed by atoms with Gasteiger partial charge in [0.15, 0.2) is 12.6 Å². The third kappa shape index (κ3) is 1.65. The molecule has 0 N–H and O–H groups in total. The molecule has 0 saturated carbocycles. The topological polar surface area (TPSA) is 35.5 Å². The molecule has 2 rings (SSSR count). The van der Waals surface area contributed by atoms with Crippen LogP contribution in [0.2, 0.25) is 0 Å². The second kappa shape index (κ2) is 3.57. The van der Waals surface area contributed by atoms with Crippen LogP contribution in [0.4, 0.5) is 0 Å². The van der Waals surface area contributed by atoms with Gasteiger partial charge in [-0.25, -0.2) is 0 Å². The highest BCUT2D eigenvalue weighted by Gasteiger charge is 2.22. The Morgan fingerprint density at radius 2 is 2.23 bits per heavy atom. The lowest BCUT2D eigenvalue weighted by Gasteiger charge is -2.06. The smallest absolute Gasteiger partial charge is 0.193 e. The number of carbonyl (C=O) groups excluding carboxylic acids is 1. The lowest BCUT2D eigenvalue weighted by Crippen LogP contribution is -1.95. The van der Waals surface area contributed by atoms with E-state index in [1.165, 1.54) is 11.3 Å². The molecule has 13 heavy (non-hydrogen) atoms. The molecule has 1 fully saturated rings. The number of ether oxygens (including phenoxy) is 2. The van der Waals surface area contributed by atoms with E-state index < -0.39 is 0 Å². The van der Waals surface area contributed by atoms with Crippen LogP contribution in [-0.4, -0.2) is 19.5 Å². The van der Waals surface area contributed by atoms with Crippen molar-refractivity contribution in [1.82, 2.24) is 0 Å². The zero-order chi connectivity index (χ0) is 9.26. The molecule has 1 aliphatic heterocycles. The van der Waals surface area contributed by atoms with Crippen molar-refractivity contribution in [1.29, 1.82) is 0 Å². The molecule has 4 heteroatoms. The first-order valence-electron chi connectivity index (χ1n) is 4.10. The molecule has 0 spiro atoms. The molecule has 0 aromatic carbocycles. The predicted octanol–water partition coefficient (Wildman–Crippen LogP) is 1.91. The van der Waals surface area contributed by atoms with E-state index in [2.05, 4.69) is 0 Å². The summed E-state index contributed by atoms with van der Waals surface area (Å²) in [6.45, 7) is 3.24. The van der Waals surface area contributed by atoms with Gasteiger partial charge >= 0.3 is 0 Å². The van der Waals surface area contributed by atoms with Crippen LogP contribution >= 0.6 is 11.3 Å². The molecule has 1 aromatic rings. The minimum absolute atomic E-state index is 0.251. The maximum Gasteiger partial charge on any atom is 0.193 e. The molecule has 0 radical (unpaired) electrons. The Morgan fingerprint density at radius 1 is 1.54 bits per heavy atom. The van der Waals surface area contributed by atoms with Crippen molar-refractivity contribution in [2.75, 3.05) is 13.2 Å². The Hall–Kier alpha value is -0.710. The summed E-state index contributed by atoms with van der Waals surface area (Å²) < 4.78 is 10.7. The molecule has 0 aliphatic carbocycles. The largest absolute Gasteiger partial charge is 0.345 e. The second-order valence-electron chi connectivity index (χ2n) is 2.89. The maximum atomic E-state index is 10.5. The number of carbonyl (C=O) groups is 1. The van der Waals surface area contributed by atoms with Gasteiger partial charge < -0.3 is 9.47 Å². The molecule has 2 heterocycles. The third-order valence-electron chi connectivity index (χ3n) is 1.93. The average Bonchev–Trinajstić information content (AvgIpc) is 2.72. The summed E-state index contributed by atoms with van der Waals surface area (Å²) in [5.41, 5.74) is 1.07. The Kier molecular flexibility index (Phi) is 2.44. The van der Waals surface area contributed by atoms with Crippen LogP contribution in [-0.2, 0) is 9.47 Å². The van der Waals surface area contributed by atoms with Gasteiger partial charge in [-0.15, -0.1) is 11.3 Å². The van der Waals surface area contributed by atoms with Crippen LogP contribution in [0.1, 0.15) is 26.4 Å². The summed E-state index contributed by atoms with van der Waals surface area (Å²) in [5, 5.41) is 0. The lowest BCUT2D eigenvalue weighted by molar-refractivity contribution is -0.0417. The van der Waals surface area contributed by atoms with E-state index >= 15 is 0 Å². The summed E-state index contributed by atoms with van der Waals surface area (Å²) in [4.78, 5) is 12.3. The van der Waals surface area contributed by atoms with Gasteiger partial charge in [-0.05, 0) is 18.6 Å². The van der Waals surface area contributed by atoms with Gasteiger partial charge in [0.1, 0.15) is 0 Å². The number of rotatable bonds is 2. The monoisotopic (exact) mass is 198 g/mol. The predicted molar refractivity (Wildman–Crippen MR) is 49.1 cm³/mol. The van der Waals surface area contributed by atoms with Gasteiger partial charge in [0, 0.05) is 0 Å².